The van der Waals surface area contributed by atoms with Crippen LogP contribution in [0.25, 0.3) is 0 Å². The van der Waals surface area contributed by atoms with Gasteiger partial charge in [0.2, 0.25) is 0 Å². The fourth-order valence-corrected chi connectivity index (χ4v) is 3.09. The normalized spacial score (nSPS) is 11.1. The highest BCUT2D eigenvalue weighted by atomic mass is 32.1. The van der Waals surface area contributed by atoms with Gasteiger partial charge in [-0.3, -0.25) is 0 Å². The maximum absolute atomic E-state index is 4.37. The first kappa shape index (κ1) is 13.3. The quantitative estimate of drug-likeness (QED) is 0.868. The molecule has 2 rings (SSSR count). The molecule has 0 aliphatic heterocycles. The Labute approximate surface area is 113 Å². The minimum Gasteiger partial charge on any atom is -0.330 e. The summed E-state index contributed by atoms with van der Waals surface area (Å²) >= 11 is 1.89. The highest BCUT2D eigenvalue weighted by Gasteiger charge is 2.07. The summed E-state index contributed by atoms with van der Waals surface area (Å²) < 4.78 is 2.24. The molecule has 3 nitrogen and oxygen atoms in total. The summed E-state index contributed by atoms with van der Waals surface area (Å²) in [6, 6.07) is 2.32. The molecule has 0 radical (unpaired) electrons. The Morgan fingerprint density at radius 3 is 2.94 bits per heavy atom. The molecule has 98 valence electrons. The van der Waals surface area contributed by atoms with E-state index in [4.69, 9.17) is 0 Å². The van der Waals surface area contributed by atoms with Gasteiger partial charge in [-0.1, -0.05) is 13.8 Å². The van der Waals surface area contributed by atoms with Crippen LogP contribution < -0.4 is 5.32 Å². The molecule has 4 heteroatoms. The van der Waals surface area contributed by atoms with Crippen molar-refractivity contribution in [2.24, 2.45) is 0 Å². The Kier molecular flexibility index (Phi) is 4.55. The number of aryl methyl sites for hydroxylation is 2. The molecular weight excluding hydrogens is 242 g/mol. The van der Waals surface area contributed by atoms with Crippen molar-refractivity contribution in [1.29, 1.82) is 0 Å². The summed E-state index contributed by atoms with van der Waals surface area (Å²) in [5.41, 5.74) is 1.42. The van der Waals surface area contributed by atoms with Gasteiger partial charge in [0.05, 0.1) is 0 Å². The monoisotopic (exact) mass is 263 g/mol. The highest BCUT2D eigenvalue weighted by molar-refractivity contribution is 7.12. The summed E-state index contributed by atoms with van der Waals surface area (Å²) in [7, 11) is 0. The van der Waals surface area contributed by atoms with Gasteiger partial charge in [0, 0.05) is 41.7 Å². The van der Waals surface area contributed by atoms with Crippen LogP contribution in [0.3, 0.4) is 0 Å². The first-order valence-corrected chi connectivity index (χ1v) is 7.35. The van der Waals surface area contributed by atoms with Crippen LogP contribution in [0, 0.1) is 6.92 Å². The lowest BCUT2D eigenvalue weighted by molar-refractivity contribution is 0.724. The van der Waals surface area contributed by atoms with E-state index in [2.05, 4.69) is 47.9 Å². The molecule has 18 heavy (non-hydrogen) atoms. The molecule has 0 atom stereocenters. The number of nitrogens with zero attached hydrogens (tertiary/aromatic N) is 2. The number of nitrogens with one attached hydrogen (secondary N) is 1. The molecule has 0 saturated heterocycles. The number of thiophene rings is 1. The number of aromatic nitrogens is 2. The van der Waals surface area contributed by atoms with Crippen LogP contribution >= 0.6 is 11.3 Å². The van der Waals surface area contributed by atoms with Crippen LogP contribution in [-0.4, -0.2) is 16.1 Å². The van der Waals surface area contributed by atoms with E-state index in [0.717, 1.165) is 31.9 Å². The smallest absolute Gasteiger partial charge is 0.108 e. The lowest BCUT2D eigenvalue weighted by Crippen LogP contribution is -2.10. The van der Waals surface area contributed by atoms with Gasteiger partial charge in [-0.15, -0.1) is 11.3 Å². The fourth-order valence-electron chi connectivity index (χ4n) is 2.06. The molecule has 0 saturated carbocycles. The van der Waals surface area contributed by atoms with E-state index >= 15 is 0 Å². The second-order valence-electron chi connectivity index (χ2n) is 4.40. The maximum atomic E-state index is 4.37. The van der Waals surface area contributed by atoms with E-state index < -0.39 is 0 Å². The predicted molar refractivity (Wildman–Crippen MR) is 77.1 cm³/mol. The van der Waals surface area contributed by atoms with Crippen molar-refractivity contribution in [3.8, 4) is 0 Å². The molecule has 0 unspecified atom stereocenters. The van der Waals surface area contributed by atoms with Crippen molar-refractivity contribution in [2.45, 2.75) is 40.3 Å². The Balaban J connectivity index is 2.11. The van der Waals surface area contributed by atoms with Gasteiger partial charge < -0.3 is 9.88 Å². The van der Waals surface area contributed by atoms with Crippen LogP contribution in [-0.2, 0) is 19.5 Å². The Bertz CT molecular complexity index is 499. The third-order valence-corrected chi connectivity index (χ3v) is 4.17. The van der Waals surface area contributed by atoms with Gasteiger partial charge >= 0.3 is 0 Å². The van der Waals surface area contributed by atoms with Crippen LogP contribution in [0.2, 0.25) is 0 Å². The second-order valence-corrected chi connectivity index (χ2v) is 5.74. The Morgan fingerprint density at radius 1 is 1.39 bits per heavy atom. The lowest BCUT2D eigenvalue weighted by Gasteiger charge is -2.05. The highest BCUT2D eigenvalue weighted by Crippen LogP contribution is 2.22. The van der Waals surface area contributed by atoms with Gasteiger partial charge in [0.25, 0.3) is 0 Å². The van der Waals surface area contributed by atoms with E-state index in [1.54, 1.807) is 0 Å². The Hall–Kier alpha value is -1.13. The second kappa shape index (κ2) is 6.16. The third-order valence-electron chi connectivity index (χ3n) is 3.08. The first-order valence-electron chi connectivity index (χ1n) is 6.53. The van der Waals surface area contributed by atoms with Crippen LogP contribution in [0.5, 0.6) is 0 Å². The molecule has 2 heterocycles. The standard InChI is InChI=1S/C14H21N3S/c1-4-14-16-6-7-17(14)10-12-8-13(9-15-5-2)18-11(12)3/h6-8,15H,4-5,9-10H2,1-3H3. The van der Waals surface area contributed by atoms with Crippen molar-refractivity contribution in [1.82, 2.24) is 14.9 Å². The van der Waals surface area contributed by atoms with E-state index in [1.165, 1.54) is 15.3 Å². The molecule has 0 aliphatic rings. The summed E-state index contributed by atoms with van der Waals surface area (Å²) in [6.45, 7) is 9.44. The zero-order valence-corrected chi connectivity index (χ0v) is 12.2. The molecule has 2 aromatic heterocycles. The van der Waals surface area contributed by atoms with Gasteiger partial charge in [-0.25, -0.2) is 4.98 Å². The average Bonchev–Trinajstić information content (AvgIpc) is 2.95. The first-order chi connectivity index (χ1) is 8.74. The van der Waals surface area contributed by atoms with Gasteiger partial charge in [0.15, 0.2) is 0 Å². The van der Waals surface area contributed by atoms with Crippen molar-refractivity contribution < 1.29 is 0 Å². The van der Waals surface area contributed by atoms with Crippen molar-refractivity contribution in [3.63, 3.8) is 0 Å². The van der Waals surface area contributed by atoms with E-state index in [0.29, 0.717) is 0 Å². The minimum absolute atomic E-state index is 0.942. The number of rotatable bonds is 6. The molecule has 2 aromatic rings. The molecule has 0 fully saturated rings. The maximum Gasteiger partial charge on any atom is 0.108 e. The van der Waals surface area contributed by atoms with E-state index in [1.807, 2.05) is 17.5 Å². The number of hydrogen-bond donors (Lipinski definition) is 1. The lowest BCUT2D eigenvalue weighted by atomic mass is 10.2. The fraction of sp³-hybridized carbons (Fsp3) is 0.500. The third kappa shape index (κ3) is 3.00. The summed E-state index contributed by atoms with van der Waals surface area (Å²) in [5.74, 6) is 1.16. The largest absolute Gasteiger partial charge is 0.330 e. The SMILES string of the molecule is CCNCc1cc(Cn2ccnc2CC)c(C)s1. The van der Waals surface area contributed by atoms with Crippen LogP contribution in [0.15, 0.2) is 18.5 Å². The Morgan fingerprint density at radius 2 is 2.22 bits per heavy atom. The molecule has 0 spiro atoms. The molecule has 0 amide bonds. The summed E-state index contributed by atoms with van der Waals surface area (Å²) in [6.07, 6.45) is 4.94. The molecular formula is C14H21N3S. The van der Waals surface area contributed by atoms with Crippen molar-refractivity contribution in [2.75, 3.05) is 6.54 Å². The van der Waals surface area contributed by atoms with Crippen LogP contribution in [0.4, 0.5) is 0 Å². The number of imidazole rings is 1. The summed E-state index contributed by atoms with van der Waals surface area (Å²) in [5, 5.41) is 3.38. The van der Waals surface area contributed by atoms with Gasteiger partial charge in [0.1, 0.15) is 5.82 Å². The predicted octanol–water partition coefficient (Wildman–Crippen LogP) is 2.97. The number of hydrogen-bond acceptors (Lipinski definition) is 3. The van der Waals surface area contributed by atoms with Crippen molar-refractivity contribution in [3.05, 3.63) is 39.6 Å². The zero-order chi connectivity index (χ0) is 13.0. The van der Waals surface area contributed by atoms with E-state index in [9.17, 15) is 0 Å². The molecule has 0 aliphatic carbocycles. The topological polar surface area (TPSA) is 29.9 Å². The minimum atomic E-state index is 0.942. The summed E-state index contributed by atoms with van der Waals surface area (Å²) in [4.78, 5) is 7.21. The zero-order valence-electron chi connectivity index (χ0n) is 11.4. The van der Waals surface area contributed by atoms with E-state index in [-0.39, 0.29) is 0 Å². The van der Waals surface area contributed by atoms with Gasteiger partial charge in [-0.2, -0.15) is 0 Å². The van der Waals surface area contributed by atoms with Crippen LogP contribution in [0.1, 0.15) is 35.0 Å². The molecule has 0 bridgehead atoms. The molecule has 1 N–H and O–H groups in total. The van der Waals surface area contributed by atoms with Crippen molar-refractivity contribution >= 4 is 11.3 Å². The average molecular weight is 263 g/mol. The molecule has 0 aromatic carbocycles. The van der Waals surface area contributed by atoms with Gasteiger partial charge in [-0.05, 0) is 25.1 Å².